The quantitative estimate of drug-likeness (QED) is 0.537. The van der Waals surface area contributed by atoms with Crippen LogP contribution in [0.25, 0.3) is 0 Å². The minimum Gasteiger partial charge on any atom is -0.393 e. The molecule has 2 spiro atoms. The van der Waals surface area contributed by atoms with E-state index in [9.17, 15) is 15.0 Å². The number of fused-ring (bicyclic) bond motifs is 4. The van der Waals surface area contributed by atoms with Gasteiger partial charge in [0.2, 0.25) is 0 Å². The summed E-state index contributed by atoms with van der Waals surface area (Å²) in [4.78, 5) is 14.5. The first kappa shape index (κ1) is 23.7. The molecule has 6 fully saturated rings. The molecule has 4 nitrogen and oxygen atoms in total. The molecule has 6 aliphatic rings. The van der Waals surface area contributed by atoms with Crippen LogP contribution in [0, 0.1) is 50.7 Å². The summed E-state index contributed by atoms with van der Waals surface area (Å²) in [5, 5.41) is 21.6. The highest BCUT2D eigenvalue weighted by molar-refractivity contribution is 5.93. The van der Waals surface area contributed by atoms with E-state index in [4.69, 9.17) is 4.74 Å². The number of hydrogen-bond donors (Lipinski definition) is 2. The van der Waals surface area contributed by atoms with Gasteiger partial charge in [0.1, 0.15) is 12.2 Å². The number of Topliss-reactive ketones (excluding diaryl/α,β-unsaturated/α-hetero) is 1. The molecule has 2 N–H and O–H groups in total. The molecule has 190 valence electrons. The van der Waals surface area contributed by atoms with Gasteiger partial charge in [-0.2, -0.15) is 0 Å². The third-order valence-corrected chi connectivity index (χ3v) is 13.4. The Balaban J connectivity index is 1.38. The van der Waals surface area contributed by atoms with Gasteiger partial charge in [0.05, 0.1) is 12.2 Å². The molecule has 5 saturated carbocycles. The zero-order valence-corrected chi connectivity index (χ0v) is 22.2. The lowest BCUT2D eigenvalue weighted by Crippen LogP contribution is -2.59. The van der Waals surface area contributed by atoms with Gasteiger partial charge in [0.25, 0.3) is 0 Å². The minimum atomic E-state index is -0.705. The lowest BCUT2D eigenvalue weighted by molar-refractivity contribution is -0.172. The molecule has 0 unspecified atom stereocenters. The second-order valence-electron chi connectivity index (χ2n) is 14.7. The first-order valence-corrected chi connectivity index (χ1v) is 14.0. The molecule has 34 heavy (non-hydrogen) atoms. The van der Waals surface area contributed by atoms with Gasteiger partial charge < -0.3 is 14.9 Å². The van der Waals surface area contributed by atoms with Crippen molar-refractivity contribution in [3.8, 4) is 0 Å². The van der Waals surface area contributed by atoms with E-state index in [1.165, 1.54) is 12.8 Å². The predicted molar refractivity (Wildman–Crippen MR) is 132 cm³/mol. The Morgan fingerprint density at radius 3 is 2.38 bits per heavy atom. The summed E-state index contributed by atoms with van der Waals surface area (Å²) in [6, 6.07) is 0. The van der Waals surface area contributed by atoms with Gasteiger partial charge in [-0.3, -0.25) is 4.79 Å². The molecule has 1 aliphatic heterocycles. The van der Waals surface area contributed by atoms with Crippen LogP contribution in [0.5, 0.6) is 0 Å². The second-order valence-corrected chi connectivity index (χ2v) is 14.7. The predicted octanol–water partition coefficient (Wildman–Crippen LogP) is 5.31. The van der Waals surface area contributed by atoms with Crippen molar-refractivity contribution < 1.29 is 19.7 Å². The van der Waals surface area contributed by atoms with Crippen molar-refractivity contribution in [2.45, 2.75) is 117 Å². The molecule has 0 aromatic heterocycles. The zero-order valence-electron chi connectivity index (χ0n) is 22.2. The van der Waals surface area contributed by atoms with Crippen molar-refractivity contribution in [1.82, 2.24) is 0 Å². The second kappa shape index (κ2) is 6.78. The maximum atomic E-state index is 14.5. The molecular formula is C30H46O4. The van der Waals surface area contributed by atoms with Crippen LogP contribution in [0.15, 0.2) is 12.2 Å². The lowest BCUT2D eigenvalue weighted by Gasteiger charge is -2.62. The molecular weight excluding hydrogens is 424 g/mol. The Kier molecular flexibility index (Phi) is 4.72. The molecule has 1 heterocycles. The van der Waals surface area contributed by atoms with Crippen molar-refractivity contribution in [3.63, 3.8) is 0 Å². The van der Waals surface area contributed by atoms with Gasteiger partial charge in [-0.15, -0.1) is 0 Å². The smallest absolute Gasteiger partial charge is 0.168 e. The highest BCUT2D eigenvalue weighted by atomic mass is 16.5. The maximum absolute atomic E-state index is 14.5. The number of aliphatic hydroxyl groups excluding tert-OH is 2. The van der Waals surface area contributed by atoms with Crippen molar-refractivity contribution in [1.29, 1.82) is 0 Å². The highest BCUT2D eigenvalue weighted by Gasteiger charge is 2.84. The molecule has 12 atom stereocenters. The lowest BCUT2D eigenvalue weighted by atomic mass is 9.41. The van der Waals surface area contributed by atoms with Crippen LogP contribution in [-0.4, -0.2) is 40.4 Å². The number of hydrogen-bond acceptors (Lipinski definition) is 4. The first-order chi connectivity index (χ1) is 15.8. The molecule has 0 aromatic carbocycles. The third-order valence-electron chi connectivity index (χ3n) is 13.4. The Morgan fingerprint density at radius 1 is 1.06 bits per heavy atom. The number of aliphatic hydroxyl groups is 2. The molecule has 0 radical (unpaired) electrons. The molecule has 5 aliphatic carbocycles. The summed E-state index contributed by atoms with van der Waals surface area (Å²) in [5.41, 5.74) is 0.851. The van der Waals surface area contributed by atoms with Gasteiger partial charge in [-0.05, 0) is 103 Å². The van der Waals surface area contributed by atoms with E-state index in [1.807, 2.05) is 6.92 Å². The summed E-state index contributed by atoms with van der Waals surface area (Å²) in [7, 11) is 0. The fourth-order valence-electron chi connectivity index (χ4n) is 11.5. The SMILES string of the molecule is C=C(C)[C@H](O)[C@H]1C[C@@H](C)[C@H]2[C@@H](O1)C(=O)[C@@]1(C)[C@@H]3CC[C@H]4C(C)(C)[C@@H](O)CC[C@@]45C[C@@]35CC[C@]21C. The van der Waals surface area contributed by atoms with E-state index in [2.05, 4.69) is 41.2 Å². The van der Waals surface area contributed by atoms with E-state index in [0.717, 1.165) is 44.1 Å². The number of ketones is 1. The normalized spacial score (nSPS) is 58.0. The summed E-state index contributed by atoms with van der Waals surface area (Å²) in [6.07, 6.45) is 7.02. The summed E-state index contributed by atoms with van der Waals surface area (Å²) < 4.78 is 6.52. The first-order valence-electron chi connectivity index (χ1n) is 14.0. The number of carbonyl (C=O) groups excluding carboxylic acids is 1. The Morgan fingerprint density at radius 2 is 1.71 bits per heavy atom. The Hall–Kier alpha value is -0.710. The fraction of sp³-hybridized carbons (Fsp3) is 0.900. The van der Waals surface area contributed by atoms with E-state index in [1.54, 1.807) is 0 Å². The van der Waals surface area contributed by atoms with Crippen LogP contribution in [0.3, 0.4) is 0 Å². The van der Waals surface area contributed by atoms with Crippen molar-refractivity contribution >= 4 is 5.78 Å². The zero-order chi connectivity index (χ0) is 24.6. The van der Waals surface area contributed by atoms with Crippen LogP contribution in [0.4, 0.5) is 0 Å². The van der Waals surface area contributed by atoms with Crippen LogP contribution in [0.1, 0.15) is 92.9 Å². The van der Waals surface area contributed by atoms with E-state index in [0.29, 0.717) is 29.0 Å². The highest BCUT2D eigenvalue weighted by Crippen LogP contribution is 2.88. The number of carbonyl (C=O) groups is 1. The van der Waals surface area contributed by atoms with Crippen LogP contribution < -0.4 is 0 Å². The van der Waals surface area contributed by atoms with Gasteiger partial charge >= 0.3 is 0 Å². The number of rotatable bonds is 2. The average Bonchev–Trinajstić information content (AvgIpc) is 3.41. The van der Waals surface area contributed by atoms with Crippen molar-refractivity contribution in [2.75, 3.05) is 0 Å². The van der Waals surface area contributed by atoms with Gasteiger partial charge in [-0.1, -0.05) is 41.2 Å². The molecule has 1 saturated heterocycles. The maximum Gasteiger partial charge on any atom is 0.168 e. The van der Waals surface area contributed by atoms with Gasteiger partial charge in [-0.25, -0.2) is 0 Å². The Bertz CT molecular complexity index is 940. The topological polar surface area (TPSA) is 66.8 Å². The Labute approximate surface area is 205 Å². The third kappa shape index (κ3) is 2.40. The van der Waals surface area contributed by atoms with Gasteiger partial charge in [0, 0.05) is 11.3 Å². The van der Waals surface area contributed by atoms with Crippen LogP contribution in [-0.2, 0) is 9.53 Å². The average molecular weight is 471 g/mol. The van der Waals surface area contributed by atoms with Crippen molar-refractivity contribution in [3.05, 3.63) is 12.2 Å². The van der Waals surface area contributed by atoms with E-state index in [-0.39, 0.29) is 39.8 Å². The molecule has 0 amide bonds. The summed E-state index contributed by atoms with van der Waals surface area (Å²) >= 11 is 0. The monoisotopic (exact) mass is 470 g/mol. The fourth-order valence-corrected chi connectivity index (χ4v) is 11.5. The summed E-state index contributed by atoms with van der Waals surface area (Å²) in [5.74, 6) is 1.88. The molecule has 6 rings (SSSR count). The van der Waals surface area contributed by atoms with Crippen LogP contribution in [0.2, 0.25) is 0 Å². The minimum absolute atomic E-state index is 0.0361. The molecule has 0 bridgehead atoms. The van der Waals surface area contributed by atoms with E-state index >= 15 is 0 Å². The molecule has 0 aromatic rings. The summed E-state index contributed by atoms with van der Waals surface area (Å²) in [6.45, 7) is 17.4. The van der Waals surface area contributed by atoms with E-state index < -0.39 is 12.2 Å². The standard InChI is InChI=1S/C30H46O4/c1-16(2)23(32)18-14-17(3)22-24(34-18)25(33)28(7)20-9-8-19-26(4,5)21(31)10-11-29(19)15-30(20,29)13-12-27(22,28)6/h17-24,31-32H,1,8-15H2,2-7H3/t17-,18-,19+,20+,21+,22+,23+,24-,27-,28-,29-,30+/m1/s1. The molecule has 4 heteroatoms. The largest absolute Gasteiger partial charge is 0.393 e. The van der Waals surface area contributed by atoms with Crippen molar-refractivity contribution in [2.24, 2.45) is 50.7 Å². The van der Waals surface area contributed by atoms with Gasteiger partial charge in [0.15, 0.2) is 5.78 Å². The van der Waals surface area contributed by atoms with Crippen LogP contribution >= 0.6 is 0 Å². The number of ether oxygens (including phenoxy) is 1.